The van der Waals surface area contributed by atoms with Crippen LogP contribution in [0.4, 0.5) is 0 Å². The lowest BCUT2D eigenvalue weighted by Crippen LogP contribution is -2.24. The summed E-state index contributed by atoms with van der Waals surface area (Å²) in [4.78, 5) is 24.9. The summed E-state index contributed by atoms with van der Waals surface area (Å²) < 4.78 is 5.35. The molecule has 0 saturated heterocycles. The second-order valence-electron chi connectivity index (χ2n) is 5.06. The number of hydrogen-bond acceptors (Lipinski definition) is 7. The number of amides is 1. The van der Waals surface area contributed by atoms with Gasteiger partial charge in [0.25, 0.3) is 5.91 Å². The predicted octanol–water partition coefficient (Wildman–Crippen LogP) is 1.72. The van der Waals surface area contributed by atoms with Crippen LogP contribution in [0.5, 0.6) is 0 Å². The fourth-order valence-electron chi connectivity index (χ4n) is 2.08. The number of rotatable bonds is 5. The second-order valence-corrected chi connectivity index (χ2v) is 5.06. The zero-order valence-electron chi connectivity index (χ0n) is 13.4. The van der Waals surface area contributed by atoms with E-state index in [0.717, 1.165) is 5.56 Å². The maximum Gasteiger partial charge on any atom is 0.255 e. The lowest BCUT2D eigenvalue weighted by molar-refractivity contribution is 0.0945. The van der Waals surface area contributed by atoms with Gasteiger partial charge in [0.05, 0.1) is 17.8 Å². The molecule has 3 aromatic rings. The molecule has 0 saturated carbocycles. The van der Waals surface area contributed by atoms with Crippen LogP contribution in [-0.4, -0.2) is 31.1 Å². The summed E-state index contributed by atoms with van der Waals surface area (Å²) in [6.07, 6.45) is 5.52. The van der Waals surface area contributed by atoms with E-state index in [0.29, 0.717) is 35.3 Å². The topological polar surface area (TPSA) is 107 Å². The van der Waals surface area contributed by atoms with Crippen molar-refractivity contribution in [1.82, 2.24) is 30.5 Å². The first-order valence-electron chi connectivity index (χ1n) is 7.51. The Balaban J connectivity index is 1.71. The van der Waals surface area contributed by atoms with Crippen LogP contribution in [-0.2, 0) is 13.0 Å². The molecule has 3 aromatic heterocycles. The zero-order chi connectivity index (χ0) is 16.9. The third kappa shape index (κ3) is 3.43. The fraction of sp³-hybridized carbons (Fsp3) is 0.250. The Kier molecular flexibility index (Phi) is 4.55. The van der Waals surface area contributed by atoms with Crippen molar-refractivity contribution in [1.29, 1.82) is 0 Å². The van der Waals surface area contributed by atoms with Gasteiger partial charge in [-0.3, -0.25) is 9.78 Å². The first-order chi connectivity index (χ1) is 11.7. The second kappa shape index (κ2) is 6.95. The summed E-state index contributed by atoms with van der Waals surface area (Å²) in [5, 5.41) is 10.4. The van der Waals surface area contributed by atoms with Crippen LogP contribution in [0, 0.1) is 6.92 Å². The summed E-state index contributed by atoms with van der Waals surface area (Å²) in [6.45, 7) is 3.84. The molecule has 8 nitrogen and oxygen atoms in total. The monoisotopic (exact) mass is 324 g/mol. The molecular formula is C16H16N6O2. The summed E-state index contributed by atoms with van der Waals surface area (Å²) >= 11 is 0. The van der Waals surface area contributed by atoms with Gasteiger partial charge in [-0.2, -0.15) is 0 Å². The zero-order valence-corrected chi connectivity index (χ0v) is 13.4. The van der Waals surface area contributed by atoms with E-state index in [4.69, 9.17) is 4.42 Å². The summed E-state index contributed by atoms with van der Waals surface area (Å²) in [5.74, 6) is 1.15. The SMILES string of the molecule is CCc1nnc(CNC(=O)c2cnc(-c3cccnc3)nc2C)o1. The number of hydrogen-bond donors (Lipinski definition) is 1. The van der Waals surface area contributed by atoms with Crippen LogP contribution < -0.4 is 5.32 Å². The van der Waals surface area contributed by atoms with Crippen molar-refractivity contribution in [2.24, 2.45) is 0 Å². The molecule has 0 bridgehead atoms. The first-order valence-corrected chi connectivity index (χ1v) is 7.51. The van der Waals surface area contributed by atoms with Gasteiger partial charge in [0, 0.05) is 30.6 Å². The Morgan fingerprint density at radius 3 is 2.75 bits per heavy atom. The van der Waals surface area contributed by atoms with Gasteiger partial charge < -0.3 is 9.73 Å². The maximum atomic E-state index is 12.3. The highest BCUT2D eigenvalue weighted by molar-refractivity contribution is 5.94. The highest BCUT2D eigenvalue weighted by Crippen LogP contribution is 2.14. The van der Waals surface area contributed by atoms with Crippen molar-refractivity contribution in [2.45, 2.75) is 26.8 Å². The van der Waals surface area contributed by atoms with Crippen molar-refractivity contribution in [2.75, 3.05) is 0 Å². The Bertz CT molecular complexity index is 847. The number of carbonyl (C=O) groups excluding carboxylic acids is 1. The Labute approximate surface area is 138 Å². The lowest BCUT2D eigenvalue weighted by atomic mass is 10.2. The van der Waals surface area contributed by atoms with Gasteiger partial charge in [-0.1, -0.05) is 6.92 Å². The van der Waals surface area contributed by atoms with Crippen molar-refractivity contribution in [3.8, 4) is 11.4 Å². The molecule has 0 aromatic carbocycles. The molecule has 0 aliphatic rings. The third-order valence-electron chi connectivity index (χ3n) is 3.36. The van der Waals surface area contributed by atoms with E-state index in [2.05, 4.69) is 30.5 Å². The van der Waals surface area contributed by atoms with Gasteiger partial charge in [0.15, 0.2) is 5.82 Å². The first kappa shape index (κ1) is 15.7. The largest absolute Gasteiger partial charge is 0.423 e. The van der Waals surface area contributed by atoms with E-state index in [1.54, 1.807) is 19.3 Å². The fourth-order valence-corrected chi connectivity index (χ4v) is 2.08. The van der Waals surface area contributed by atoms with Crippen LogP contribution in [0.1, 0.15) is 34.8 Å². The molecule has 1 N–H and O–H groups in total. The minimum Gasteiger partial charge on any atom is -0.423 e. The predicted molar refractivity (Wildman–Crippen MR) is 84.8 cm³/mol. The van der Waals surface area contributed by atoms with Crippen LogP contribution in [0.15, 0.2) is 35.1 Å². The van der Waals surface area contributed by atoms with Crippen LogP contribution >= 0.6 is 0 Å². The molecule has 0 aliphatic carbocycles. The van der Waals surface area contributed by atoms with Gasteiger partial charge >= 0.3 is 0 Å². The number of aryl methyl sites for hydroxylation is 2. The average Bonchev–Trinajstić information content (AvgIpc) is 3.08. The number of pyridine rings is 1. The van der Waals surface area contributed by atoms with E-state index in [-0.39, 0.29) is 12.5 Å². The van der Waals surface area contributed by atoms with Crippen LogP contribution in [0.2, 0.25) is 0 Å². The lowest BCUT2D eigenvalue weighted by Gasteiger charge is -2.07. The van der Waals surface area contributed by atoms with Gasteiger partial charge in [-0.15, -0.1) is 10.2 Å². The molecule has 0 fully saturated rings. The summed E-state index contributed by atoms with van der Waals surface area (Å²) in [7, 11) is 0. The highest BCUT2D eigenvalue weighted by atomic mass is 16.4. The smallest absolute Gasteiger partial charge is 0.255 e. The molecule has 8 heteroatoms. The van der Waals surface area contributed by atoms with Crippen molar-refractivity contribution >= 4 is 5.91 Å². The minimum atomic E-state index is -0.290. The standard InChI is InChI=1S/C16H16N6O2/c1-3-13-21-22-14(24-13)9-19-16(23)12-8-18-15(20-10(12)2)11-5-4-6-17-7-11/h4-8H,3,9H2,1-2H3,(H,19,23). The Hall–Kier alpha value is -3.16. The van der Waals surface area contributed by atoms with Gasteiger partial charge in [-0.05, 0) is 19.1 Å². The van der Waals surface area contributed by atoms with E-state index in [1.807, 2.05) is 19.1 Å². The Morgan fingerprint density at radius 1 is 1.25 bits per heavy atom. The molecule has 3 rings (SSSR count). The van der Waals surface area contributed by atoms with Gasteiger partial charge in [0.2, 0.25) is 11.8 Å². The Morgan fingerprint density at radius 2 is 2.08 bits per heavy atom. The molecule has 0 spiro atoms. The minimum absolute atomic E-state index is 0.162. The quantitative estimate of drug-likeness (QED) is 0.761. The van der Waals surface area contributed by atoms with E-state index < -0.39 is 0 Å². The van der Waals surface area contributed by atoms with E-state index in [9.17, 15) is 4.79 Å². The molecule has 0 aliphatic heterocycles. The maximum absolute atomic E-state index is 12.3. The third-order valence-corrected chi connectivity index (χ3v) is 3.36. The molecule has 0 atom stereocenters. The van der Waals surface area contributed by atoms with E-state index >= 15 is 0 Å². The van der Waals surface area contributed by atoms with Gasteiger partial charge in [-0.25, -0.2) is 9.97 Å². The van der Waals surface area contributed by atoms with Crippen molar-refractivity contribution in [3.63, 3.8) is 0 Å². The highest BCUT2D eigenvalue weighted by Gasteiger charge is 2.14. The van der Waals surface area contributed by atoms with Crippen molar-refractivity contribution < 1.29 is 9.21 Å². The molecule has 0 unspecified atom stereocenters. The molecule has 24 heavy (non-hydrogen) atoms. The number of aromatic nitrogens is 5. The molecule has 1 amide bonds. The normalized spacial score (nSPS) is 10.6. The van der Waals surface area contributed by atoms with Crippen LogP contribution in [0.25, 0.3) is 11.4 Å². The summed E-state index contributed by atoms with van der Waals surface area (Å²) in [6, 6.07) is 3.67. The number of nitrogens with zero attached hydrogens (tertiary/aromatic N) is 5. The van der Waals surface area contributed by atoms with Crippen molar-refractivity contribution in [3.05, 3.63) is 53.8 Å². The molecule has 122 valence electrons. The molecule has 0 radical (unpaired) electrons. The van der Waals surface area contributed by atoms with Gasteiger partial charge in [0.1, 0.15) is 0 Å². The molecular weight excluding hydrogens is 308 g/mol. The van der Waals surface area contributed by atoms with Crippen LogP contribution in [0.3, 0.4) is 0 Å². The van der Waals surface area contributed by atoms with E-state index in [1.165, 1.54) is 6.20 Å². The number of carbonyl (C=O) groups is 1. The number of nitrogens with one attached hydrogen (secondary N) is 1. The molecule has 3 heterocycles. The average molecular weight is 324 g/mol. The summed E-state index contributed by atoms with van der Waals surface area (Å²) in [5.41, 5.74) is 1.78.